The largest absolute Gasteiger partial charge is 0.378 e. The summed E-state index contributed by atoms with van der Waals surface area (Å²) in [5, 5.41) is 15.0. The molecule has 5 rings (SSSR count). The molecule has 37 heavy (non-hydrogen) atoms. The van der Waals surface area contributed by atoms with Gasteiger partial charge in [-0.25, -0.2) is 0 Å². The molecular weight excluding hydrogens is 460 g/mol. The van der Waals surface area contributed by atoms with Crippen LogP contribution in [0.2, 0.25) is 0 Å². The lowest BCUT2D eigenvalue weighted by atomic mass is 10.1. The Hall–Kier alpha value is -4.91. The molecule has 0 bridgehead atoms. The van der Waals surface area contributed by atoms with Gasteiger partial charge in [-0.2, -0.15) is 5.10 Å². The normalized spacial score (nSPS) is 11.1. The molecule has 3 aromatic carbocycles. The lowest BCUT2D eigenvalue weighted by Crippen LogP contribution is -2.23. The number of hydrogen-bond donors (Lipinski definition) is 3. The summed E-state index contributed by atoms with van der Waals surface area (Å²) in [6, 6.07) is 27.4. The Kier molecular flexibility index (Phi) is 6.94. The van der Waals surface area contributed by atoms with E-state index >= 15 is 0 Å². The van der Waals surface area contributed by atoms with Crippen LogP contribution in [0, 0.1) is 0 Å². The van der Waals surface area contributed by atoms with Crippen molar-refractivity contribution in [2.75, 3.05) is 24.3 Å². The molecule has 0 spiro atoms. The van der Waals surface area contributed by atoms with Gasteiger partial charge >= 0.3 is 0 Å². The van der Waals surface area contributed by atoms with Crippen LogP contribution in [0.3, 0.4) is 0 Å². The summed E-state index contributed by atoms with van der Waals surface area (Å²) in [5.41, 5.74) is 6.94. The number of rotatable bonds is 8. The Balaban J connectivity index is 1.29. The number of H-pyrrole nitrogens is 1. The predicted octanol–water partition coefficient (Wildman–Crippen LogP) is 5.87. The van der Waals surface area contributed by atoms with Crippen molar-refractivity contribution in [2.24, 2.45) is 0 Å². The molecule has 184 valence electrons. The van der Waals surface area contributed by atoms with E-state index in [1.165, 1.54) is 0 Å². The van der Waals surface area contributed by atoms with Crippen molar-refractivity contribution in [3.05, 3.63) is 114 Å². The summed E-state index contributed by atoms with van der Waals surface area (Å²) in [5.74, 6) is -0.135. The van der Waals surface area contributed by atoms with E-state index in [2.05, 4.69) is 25.8 Å². The van der Waals surface area contributed by atoms with Crippen LogP contribution in [0.15, 0.2) is 91.1 Å². The van der Waals surface area contributed by atoms with Gasteiger partial charge in [-0.05, 0) is 72.3 Å². The molecule has 7 heteroatoms. The highest BCUT2D eigenvalue weighted by atomic mass is 16.1. The summed E-state index contributed by atoms with van der Waals surface area (Å²) in [6.07, 6.45) is 5.65. The smallest absolute Gasteiger partial charge is 0.253 e. The second kappa shape index (κ2) is 10.8. The molecule has 0 aliphatic heterocycles. The van der Waals surface area contributed by atoms with Crippen molar-refractivity contribution in [3.8, 4) is 0 Å². The Morgan fingerprint density at radius 1 is 0.946 bits per heavy atom. The fraction of sp³-hybridized carbons (Fsp3) is 0.100. The number of aromatic amines is 1. The van der Waals surface area contributed by atoms with Crippen molar-refractivity contribution >= 4 is 46.0 Å². The number of nitrogens with one attached hydrogen (secondary N) is 3. The zero-order chi connectivity index (χ0) is 25.6. The van der Waals surface area contributed by atoms with Crippen LogP contribution < -0.4 is 15.5 Å². The molecule has 0 saturated carbocycles. The second-order valence-electron chi connectivity index (χ2n) is 8.87. The van der Waals surface area contributed by atoms with Gasteiger partial charge in [0.2, 0.25) is 0 Å². The number of amides is 1. The highest BCUT2D eigenvalue weighted by Gasteiger charge is 2.12. The molecule has 2 aromatic heterocycles. The first-order valence-electron chi connectivity index (χ1n) is 12.0. The van der Waals surface area contributed by atoms with Crippen molar-refractivity contribution in [2.45, 2.75) is 6.54 Å². The van der Waals surface area contributed by atoms with Gasteiger partial charge in [-0.1, -0.05) is 30.3 Å². The van der Waals surface area contributed by atoms with Gasteiger partial charge in [0.25, 0.3) is 5.91 Å². The van der Waals surface area contributed by atoms with Crippen molar-refractivity contribution in [1.29, 1.82) is 0 Å². The number of aromatic nitrogens is 3. The van der Waals surface area contributed by atoms with Crippen molar-refractivity contribution in [3.63, 3.8) is 0 Å². The van der Waals surface area contributed by atoms with Crippen LogP contribution in [0.1, 0.15) is 27.3 Å². The molecule has 0 unspecified atom stereocenters. The lowest BCUT2D eigenvalue weighted by molar-refractivity contribution is 0.0951. The number of benzene rings is 3. The van der Waals surface area contributed by atoms with E-state index in [0.29, 0.717) is 12.1 Å². The molecule has 0 aliphatic carbocycles. The maximum atomic E-state index is 13.0. The van der Waals surface area contributed by atoms with E-state index in [1.54, 1.807) is 6.20 Å². The standard InChI is InChI=1S/C30H28N6O/c1-36(2)24-14-10-21(11-15-24)20-32-30(37)26-8-3-4-9-27(26)33-23-12-16-25-28(34-35-29(25)19-23)17-13-22-7-5-6-18-31-22/h3-19,33H,20H2,1-2H3,(H,32,37)(H,34,35)/b17-13+. The number of anilines is 3. The topological polar surface area (TPSA) is 85.9 Å². The van der Waals surface area contributed by atoms with Crippen LogP contribution in [0.5, 0.6) is 0 Å². The Bertz CT molecular complexity index is 1540. The summed E-state index contributed by atoms with van der Waals surface area (Å²) < 4.78 is 0. The molecule has 0 atom stereocenters. The lowest BCUT2D eigenvalue weighted by Gasteiger charge is -2.14. The average Bonchev–Trinajstić information content (AvgIpc) is 3.34. The quantitative estimate of drug-likeness (QED) is 0.254. The van der Waals surface area contributed by atoms with Gasteiger partial charge in [-0.15, -0.1) is 0 Å². The third-order valence-corrected chi connectivity index (χ3v) is 6.05. The number of carbonyl (C=O) groups excluding carboxylic acids is 1. The van der Waals surface area contributed by atoms with E-state index in [1.807, 2.05) is 116 Å². The summed E-state index contributed by atoms with van der Waals surface area (Å²) in [6.45, 7) is 0.454. The first-order valence-corrected chi connectivity index (χ1v) is 12.0. The fourth-order valence-corrected chi connectivity index (χ4v) is 4.02. The zero-order valence-corrected chi connectivity index (χ0v) is 20.8. The Morgan fingerprint density at radius 2 is 1.76 bits per heavy atom. The minimum Gasteiger partial charge on any atom is -0.378 e. The molecule has 0 saturated heterocycles. The van der Waals surface area contributed by atoms with Gasteiger partial charge < -0.3 is 15.5 Å². The number of hydrogen-bond acceptors (Lipinski definition) is 5. The van der Waals surface area contributed by atoms with Gasteiger partial charge in [-0.3, -0.25) is 14.9 Å². The number of nitrogens with zero attached hydrogens (tertiary/aromatic N) is 3. The van der Waals surface area contributed by atoms with E-state index in [0.717, 1.165) is 44.9 Å². The summed E-state index contributed by atoms with van der Waals surface area (Å²) in [4.78, 5) is 19.4. The first-order chi connectivity index (χ1) is 18.1. The van der Waals surface area contributed by atoms with Crippen molar-refractivity contribution in [1.82, 2.24) is 20.5 Å². The SMILES string of the molecule is CN(C)c1ccc(CNC(=O)c2ccccc2Nc2ccc3c(/C=C/c4ccccn4)n[nH]c3c2)cc1. The number of para-hydroxylation sites is 1. The van der Waals surface area contributed by atoms with Crippen LogP contribution in [-0.2, 0) is 6.54 Å². The van der Waals surface area contributed by atoms with Crippen LogP contribution >= 0.6 is 0 Å². The molecular formula is C30H28N6O. The summed E-state index contributed by atoms with van der Waals surface area (Å²) in [7, 11) is 4.01. The monoisotopic (exact) mass is 488 g/mol. The fourth-order valence-electron chi connectivity index (χ4n) is 4.02. The molecule has 1 amide bonds. The van der Waals surface area contributed by atoms with Gasteiger partial charge in [0, 0.05) is 43.6 Å². The number of carbonyl (C=O) groups is 1. The van der Waals surface area contributed by atoms with Gasteiger partial charge in [0.15, 0.2) is 0 Å². The maximum absolute atomic E-state index is 13.0. The van der Waals surface area contributed by atoms with E-state index in [4.69, 9.17) is 0 Å². The maximum Gasteiger partial charge on any atom is 0.253 e. The third-order valence-electron chi connectivity index (χ3n) is 6.05. The minimum atomic E-state index is -0.135. The molecule has 5 aromatic rings. The molecule has 0 fully saturated rings. The molecule has 0 aliphatic rings. The highest BCUT2D eigenvalue weighted by molar-refractivity contribution is 6.00. The number of pyridine rings is 1. The molecule has 2 heterocycles. The average molecular weight is 489 g/mol. The third kappa shape index (κ3) is 5.67. The first kappa shape index (κ1) is 23.8. The predicted molar refractivity (Wildman–Crippen MR) is 151 cm³/mol. The molecule has 3 N–H and O–H groups in total. The zero-order valence-electron chi connectivity index (χ0n) is 20.8. The van der Waals surface area contributed by atoms with E-state index < -0.39 is 0 Å². The summed E-state index contributed by atoms with van der Waals surface area (Å²) >= 11 is 0. The molecule has 7 nitrogen and oxygen atoms in total. The van der Waals surface area contributed by atoms with Gasteiger partial charge in [0.1, 0.15) is 0 Å². The highest BCUT2D eigenvalue weighted by Crippen LogP contribution is 2.26. The molecule has 0 radical (unpaired) electrons. The van der Waals surface area contributed by atoms with Crippen LogP contribution in [0.25, 0.3) is 23.1 Å². The van der Waals surface area contributed by atoms with Crippen LogP contribution in [0.4, 0.5) is 17.1 Å². The Morgan fingerprint density at radius 3 is 2.54 bits per heavy atom. The minimum absolute atomic E-state index is 0.135. The number of fused-ring (bicyclic) bond motifs is 1. The van der Waals surface area contributed by atoms with E-state index in [9.17, 15) is 4.79 Å². The van der Waals surface area contributed by atoms with Crippen LogP contribution in [-0.4, -0.2) is 35.2 Å². The second-order valence-corrected chi connectivity index (χ2v) is 8.87. The van der Waals surface area contributed by atoms with Gasteiger partial charge in [0.05, 0.1) is 28.2 Å². The van der Waals surface area contributed by atoms with E-state index in [-0.39, 0.29) is 5.91 Å². The van der Waals surface area contributed by atoms with Crippen molar-refractivity contribution < 1.29 is 4.79 Å². The Labute approximate surface area is 215 Å².